The van der Waals surface area contributed by atoms with Crippen LogP contribution in [0.25, 0.3) is 0 Å². The van der Waals surface area contributed by atoms with E-state index in [0.29, 0.717) is 18.4 Å². The Morgan fingerprint density at radius 1 is 0.962 bits per heavy atom. The highest BCUT2D eigenvalue weighted by Gasteiger charge is 2.20. The van der Waals surface area contributed by atoms with Crippen molar-refractivity contribution >= 4 is 11.8 Å². The van der Waals surface area contributed by atoms with Crippen molar-refractivity contribution in [1.82, 2.24) is 10.6 Å². The maximum Gasteiger partial charge on any atom is 0.275 e. The molecular weight excluding hydrogens is 326 g/mol. The minimum absolute atomic E-state index is 0.0289. The summed E-state index contributed by atoms with van der Waals surface area (Å²) in [4.78, 5) is 23.6. The lowest BCUT2D eigenvalue weighted by Gasteiger charge is -2.20. The average Bonchev–Trinajstić information content (AvgIpc) is 2.53. The minimum Gasteiger partial charge on any atom is -0.352 e. The van der Waals surface area contributed by atoms with Crippen LogP contribution >= 0.6 is 0 Å². The zero-order valence-corrected chi connectivity index (χ0v) is 17.1. The van der Waals surface area contributed by atoms with Gasteiger partial charge in [0, 0.05) is 17.5 Å². The smallest absolute Gasteiger partial charge is 0.275 e. The van der Waals surface area contributed by atoms with Gasteiger partial charge in [0.1, 0.15) is 6.04 Å². The molecule has 1 rings (SSSR count). The Kier molecular flexibility index (Phi) is 9.35. The highest BCUT2D eigenvalue weighted by molar-refractivity contribution is 5.85. The first-order chi connectivity index (χ1) is 12.2. The van der Waals surface area contributed by atoms with Crippen molar-refractivity contribution in [3.63, 3.8) is 0 Å². The summed E-state index contributed by atoms with van der Waals surface area (Å²) in [7, 11) is 0. The predicted molar refractivity (Wildman–Crippen MR) is 106 cm³/mol. The molecule has 0 bridgehead atoms. The first-order valence-electron chi connectivity index (χ1n) is 9.67. The number of hydrogen-bond acceptors (Lipinski definition) is 2. The molecule has 0 radical (unpaired) electrons. The van der Waals surface area contributed by atoms with Crippen molar-refractivity contribution in [2.24, 2.45) is 11.8 Å². The summed E-state index contributed by atoms with van der Waals surface area (Å²) in [5.41, 5.74) is 2.58. The van der Waals surface area contributed by atoms with E-state index in [9.17, 15) is 9.59 Å². The molecule has 0 aliphatic rings. The Bertz CT molecular complexity index is 565. The maximum atomic E-state index is 12.0. The van der Waals surface area contributed by atoms with Crippen LogP contribution in [0.3, 0.4) is 0 Å². The second-order valence-corrected chi connectivity index (χ2v) is 8.05. The SMILES string of the molecule is CC(C)Cc1ccc([C@@H]([NH2+]CC(=O)NCC(=O)NC(C)C)C(C)C)cc1. The minimum atomic E-state index is -0.158. The van der Waals surface area contributed by atoms with Gasteiger partial charge in [0.25, 0.3) is 5.91 Å². The number of carbonyl (C=O) groups is 2. The monoisotopic (exact) mass is 362 g/mol. The van der Waals surface area contributed by atoms with Crippen molar-refractivity contribution < 1.29 is 14.9 Å². The molecule has 0 fully saturated rings. The molecule has 1 atom stereocenters. The average molecular weight is 363 g/mol. The van der Waals surface area contributed by atoms with Crippen LogP contribution in [-0.2, 0) is 16.0 Å². The van der Waals surface area contributed by atoms with Gasteiger partial charge in [0.15, 0.2) is 6.54 Å². The molecule has 0 aliphatic carbocycles. The van der Waals surface area contributed by atoms with Crippen LogP contribution in [0.2, 0.25) is 0 Å². The van der Waals surface area contributed by atoms with E-state index in [1.807, 2.05) is 13.8 Å². The molecule has 146 valence electrons. The van der Waals surface area contributed by atoms with E-state index in [-0.39, 0.29) is 30.4 Å². The van der Waals surface area contributed by atoms with Crippen LogP contribution in [0.5, 0.6) is 0 Å². The first-order valence-corrected chi connectivity index (χ1v) is 9.67. The van der Waals surface area contributed by atoms with Gasteiger partial charge in [-0.2, -0.15) is 0 Å². The summed E-state index contributed by atoms with van der Waals surface area (Å²) < 4.78 is 0. The van der Waals surface area contributed by atoms with Gasteiger partial charge in [-0.05, 0) is 31.7 Å². The molecule has 1 aromatic carbocycles. The molecule has 0 unspecified atom stereocenters. The molecule has 0 heterocycles. The Balaban J connectivity index is 2.55. The number of nitrogens with two attached hydrogens (primary N) is 1. The summed E-state index contributed by atoms with van der Waals surface area (Å²) in [6.07, 6.45) is 1.08. The third kappa shape index (κ3) is 8.48. The van der Waals surface area contributed by atoms with Crippen molar-refractivity contribution in [2.75, 3.05) is 13.1 Å². The van der Waals surface area contributed by atoms with Crippen molar-refractivity contribution in [1.29, 1.82) is 0 Å². The Morgan fingerprint density at radius 3 is 2.08 bits per heavy atom. The summed E-state index contributed by atoms with van der Waals surface area (Å²) in [6, 6.07) is 9.03. The molecule has 5 nitrogen and oxygen atoms in total. The quantitative estimate of drug-likeness (QED) is 0.594. The maximum absolute atomic E-state index is 12.0. The van der Waals surface area contributed by atoms with Gasteiger partial charge in [-0.15, -0.1) is 0 Å². The van der Waals surface area contributed by atoms with Gasteiger partial charge < -0.3 is 16.0 Å². The zero-order valence-electron chi connectivity index (χ0n) is 17.1. The number of nitrogens with one attached hydrogen (secondary N) is 2. The van der Waals surface area contributed by atoms with Crippen LogP contribution < -0.4 is 16.0 Å². The molecule has 0 aromatic heterocycles. The van der Waals surface area contributed by atoms with Gasteiger partial charge in [-0.3, -0.25) is 9.59 Å². The standard InChI is InChI=1S/C21H35N3O2/c1-14(2)11-17-7-9-18(10-8-17)21(15(3)4)23-12-19(25)22-13-20(26)24-16(5)6/h7-10,14-16,21,23H,11-13H2,1-6H3,(H,22,25)(H,24,26)/p+1/t21-/m0/s1. The van der Waals surface area contributed by atoms with E-state index in [1.54, 1.807) is 0 Å². The second-order valence-electron chi connectivity index (χ2n) is 8.05. The molecule has 1 aromatic rings. The number of benzene rings is 1. The molecule has 26 heavy (non-hydrogen) atoms. The molecule has 0 saturated heterocycles. The molecule has 0 aliphatic heterocycles. The van der Waals surface area contributed by atoms with Crippen LogP contribution in [0.1, 0.15) is 58.7 Å². The van der Waals surface area contributed by atoms with E-state index in [1.165, 1.54) is 11.1 Å². The lowest BCUT2D eigenvalue weighted by molar-refractivity contribution is -0.692. The topological polar surface area (TPSA) is 74.8 Å². The first kappa shape index (κ1) is 22.2. The van der Waals surface area contributed by atoms with Crippen molar-refractivity contribution in [2.45, 2.75) is 60.0 Å². The summed E-state index contributed by atoms with van der Waals surface area (Å²) in [5, 5.41) is 7.50. The van der Waals surface area contributed by atoms with Gasteiger partial charge in [0.05, 0.1) is 6.54 Å². The molecule has 0 spiro atoms. The van der Waals surface area contributed by atoms with Crippen LogP contribution in [0, 0.1) is 11.8 Å². The Morgan fingerprint density at radius 2 is 1.58 bits per heavy atom. The molecule has 5 heteroatoms. The highest BCUT2D eigenvalue weighted by Crippen LogP contribution is 2.19. The third-order valence-corrected chi connectivity index (χ3v) is 4.18. The van der Waals surface area contributed by atoms with E-state index in [0.717, 1.165) is 6.42 Å². The fourth-order valence-electron chi connectivity index (χ4n) is 3.00. The number of hydrogen-bond donors (Lipinski definition) is 3. The number of rotatable bonds is 10. The largest absolute Gasteiger partial charge is 0.352 e. The fourth-order valence-corrected chi connectivity index (χ4v) is 3.00. The fraction of sp³-hybridized carbons (Fsp3) is 0.619. The number of quaternary nitrogens is 1. The van der Waals surface area contributed by atoms with E-state index >= 15 is 0 Å². The predicted octanol–water partition coefficient (Wildman–Crippen LogP) is 1.79. The summed E-state index contributed by atoms with van der Waals surface area (Å²) >= 11 is 0. The van der Waals surface area contributed by atoms with Gasteiger partial charge in [0.2, 0.25) is 5.91 Å². The summed E-state index contributed by atoms with van der Waals surface area (Å²) in [6.45, 7) is 12.9. The van der Waals surface area contributed by atoms with Crippen molar-refractivity contribution in [3.05, 3.63) is 35.4 Å². The van der Waals surface area contributed by atoms with Gasteiger partial charge in [-0.1, -0.05) is 52.0 Å². The van der Waals surface area contributed by atoms with Crippen molar-refractivity contribution in [3.8, 4) is 0 Å². The molecule has 0 saturated carbocycles. The normalized spacial score (nSPS) is 12.5. The number of amides is 2. The second kappa shape index (κ2) is 11.0. The lowest BCUT2D eigenvalue weighted by Crippen LogP contribution is -2.88. The van der Waals surface area contributed by atoms with Gasteiger partial charge in [-0.25, -0.2) is 0 Å². The molecule has 2 amide bonds. The van der Waals surface area contributed by atoms with E-state index in [2.05, 4.69) is 67.9 Å². The van der Waals surface area contributed by atoms with Crippen LogP contribution in [0.4, 0.5) is 0 Å². The third-order valence-electron chi connectivity index (χ3n) is 4.18. The molecular formula is C21H36N3O2+. The van der Waals surface area contributed by atoms with E-state index < -0.39 is 0 Å². The lowest BCUT2D eigenvalue weighted by atomic mass is 9.94. The Hall–Kier alpha value is -1.88. The Labute approximate surface area is 158 Å². The highest BCUT2D eigenvalue weighted by atomic mass is 16.2. The van der Waals surface area contributed by atoms with E-state index in [4.69, 9.17) is 0 Å². The molecule has 4 N–H and O–H groups in total. The van der Waals surface area contributed by atoms with Crippen LogP contribution in [0.15, 0.2) is 24.3 Å². The summed E-state index contributed by atoms with van der Waals surface area (Å²) in [5.74, 6) is 0.772. The zero-order chi connectivity index (χ0) is 19.7. The number of carbonyl (C=O) groups excluding carboxylic acids is 2. The van der Waals surface area contributed by atoms with Gasteiger partial charge >= 0.3 is 0 Å². The van der Waals surface area contributed by atoms with Crippen LogP contribution in [-0.4, -0.2) is 30.9 Å².